The zero-order valence-electron chi connectivity index (χ0n) is 11.0. The molecule has 0 amide bonds. The van der Waals surface area contributed by atoms with Gasteiger partial charge in [-0.05, 0) is 42.8 Å². The lowest BCUT2D eigenvalue weighted by atomic mass is 10.0. The molecule has 0 aromatic heterocycles. The highest BCUT2D eigenvalue weighted by Gasteiger charge is 2.28. The standard InChI is InChI=1S/C14H18N2O2S/c1-15-14(19)16-6-2-3-11(16)10-4-5-12-13(9-10)18-8-7-17-12/h4-5,9,11H,2-3,6-8H2,1H3,(H,15,19)/t11-/m1/s1. The Bertz CT molecular complexity index is 492. The number of nitrogens with zero attached hydrogens (tertiary/aromatic N) is 1. The van der Waals surface area contributed by atoms with Crippen molar-refractivity contribution in [2.75, 3.05) is 26.8 Å². The Morgan fingerprint density at radius 1 is 1.32 bits per heavy atom. The molecule has 1 fully saturated rings. The first kappa shape index (κ1) is 12.5. The van der Waals surface area contributed by atoms with Crippen LogP contribution in [0.1, 0.15) is 24.4 Å². The summed E-state index contributed by atoms with van der Waals surface area (Å²) in [4.78, 5) is 2.25. The molecule has 1 N–H and O–H groups in total. The fraction of sp³-hybridized carbons (Fsp3) is 0.500. The van der Waals surface area contributed by atoms with Crippen molar-refractivity contribution in [3.8, 4) is 11.5 Å². The molecule has 2 aliphatic heterocycles. The van der Waals surface area contributed by atoms with Crippen molar-refractivity contribution in [3.63, 3.8) is 0 Å². The second-order valence-corrected chi connectivity index (χ2v) is 5.20. The van der Waals surface area contributed by atoms with Gasteiger partial charge in [-0.25, -0.2) is 0 Å². The molecule has 1 aromatic rings. The van der Waals surface area contributed by atoms with Gasteiger partial charge in [0, 0.05) is 13.6 Å². The fourth-order valence-electron chi connectivity index (χ4n) is 2.77. The van der Waals surface area contributed by atoms with Crippen LogP contribution in [0.3, 0.4) is 0 Å². The van der Waals surface area contributed by atoms with Gasteiger partial charge < -0.3 is 19.7 Å². The van der Waals surface area contributed by atoms with Crippen LogP contribution in [0.4, 0.5) is 0 Å². The van der Waals surface area contributed by atoms with Crippen LogP contribution in [-0.2, 0) is 0 Å². The fourth-order valence-corrected chi connectivity index (χ4v) is 2.99. The van der Waals surface area contributed by atoms with Crippen molar-refractivity contribution in [2.45, 2.75) is 18.9 Å². The number of nitrogens with one attached hydrogen (secondary N) is 1. The summed E-state index contributed by atoms with van der Waals surface area (Å²) in [5, 5.41) is 3.89. The molecule has 0 radical (unpaired) electrons. The zero-order chi connectivity index (χ0) is 13.2. The first-order chi connectivity index (χ1) is 9.29. The first-order valence-electron chi connectivity index (χ1n) is 6.67. The highest BCUT2D eigenvalue weighted by atomic mass is 32.1. The van der Waals surface area contributed by atoms with Crippen LogP contribution in [0.5, 0.6) is 11.5 Å². The summed E-state index contributed by atoms with van der Waals surface area (Å²) in [5.41, 5.74) is 1.25. The largest absolute Gasteiger partial charge is 0.486 e. The van der Waals surface area contributed by atoms with Gasteiger partial charge in [0.05, 0.1) is 6.04 Å². The molecule has 2 heterocycles. The molecule has 1 aromatic carbocycles. The minimum Gasteiger partial charge on any atom is -0.486 e. The maximum atomic E-state index is 5.65. The smallest absolute Gasteiger partial charge is 0.169 e. The van der Waals surface area contributed by atoms with Crippen molar-refractivity contribution < 1.29 is 9.47 Å². The summed E-state index contributed by atoms with van der Waals surface area (Å²) >= 11 is 5.37. The lowest BCUT2D eigenvalue weighted by Crippen LogP contribution is -2.37. The molecular weight excluding hydrogens is 260 g/mol. The summed E-state index contributed by atoms with van der Waals surface area (Å²) < 4.78 is 11.2. The molecule has 102 valence electrons. The third-order valence-electron chi connectivity index (χ3n) is 3.68. The third kappa shape index (κ3) is 2.34. The van der Waals surface area contributed by atoms with E-state index in [1.807, 2.05) is 13.1 Å². The van der Waals surface area contributed by atoms with E-state index >= 15 is 0 Å². The summed E-state index contributed by atoms with van der Waals surface area (Å²) in [7, 11) is 1.88. The number of benzene rings is 1. The summed E-state index contributed by atoms with van der Waals surface area (Å²) in [6.45, 7) is 2.27. The van der Waals surface area contributed by atoms with E-state index in [1.165, 1.54) is 12.0 Å². The van der Waals surface area contributed by atoms with Gasteiger partial charge in [-0.1, -0.05) is 6.07 Å². The molecular formula is C14H18N2O2S. The number of hydrogen-bond acceptors (Lipinski definition) is 3. The lowest BCUT2D eigenvalue weighted by molar-refractivity contribution is 0.171. The van der Waals surface area contributed by atoms with Crippen molar-refractivity contribution in [1.29, 1.82) is 0 Å². The third-order valence-corrected chi connectivity index (χ3v) is 4.12. The van der Waals surface area contributed by atoms with E-state index in [2.05, 4.69) is 22.3 Å². The Hall–Kier alpha value is -1.49. The number of hydrogen-bond donors (Lipinski definition) is 1. The summed E-state index contributed by atoms with van der Waals surface area (Å²) in [5.74, 6) is 1.70. The molecule has 3 rings (SSSR count). The van der Waals surface area contributed by atoms with Crippen LogP contribution in [0.2, 0.25) is 0 Å². The Morgan fingerprint density at radius 2 is 2.11 bits per heavy atom. The number of rotatable bonds is 1. The van der Waals surface area contributed by atoms with Gasteiger partial charge in [0.2, 0.25) is 0 Å². The molecule has 2 aliphatic rings. The van der Waals surface area contributed by atoms with Gasteiger partial charge in [0.1, 0.15) is 13.2 Å². The molecule has 5 heteroatoms. The number of thiocarbonyl (C=S) groups is 1. The topological polar surface area (TPSA) is 33.7 Å². The van der Waals surface area contributed by atoms with E-state index in [4.69, 9.17) is 21.7 Å². The van der Waals surface area contributed by atoms with Gasteiger partial charge in [-0.3, -0.25) is 0 Å². The molecule has 0 saturated carbocycles. The maximum Gasteiger partial charge on any atom is 0.169 e. The van der Waals surface area contributed by atoms with Crippen molar-refractivity contribution >= 4 is 17.3 Å². The van der Waals surface area contributed by atoms with Gasteiger partial charge >= 0.3 is 0 Å². The van der Waals surface area contributed by atoms with Crippen LogP contribution in [-0.4, -0.2) is 36.8 Å². The minimum atomic E-state index is 0.343. The molecule has 1 saturated heterocycles. The van der Waals surface area contributed by atoms with E-state index in [1.54, 1.807) is 0 Å². The van der Waals surface area contributed by atoms with Gasteiger partial charge in [0.25, 0.3) is 0 Å². The van der Waals surface area contributed by atoms with E-state index in [0.29, 0.717) is 19.3 Å². The van der Waals surface area contributed by atoms with Gasteiger partial charge in [0.15, 0.2) is 16.6 Å². The predicted octanol–water partition coefficient (Wildman–Crippen LogP) is 2.10. The second-order valence-electron chi connectivity index (χ2n) is 4.81. The molecule has 0 aliphatic carbocycles. The highest BCUT2D eigenvalue weighted by molar-refractivity contribution is 7.80. The van der Waals surface area contributed by atoms with Crippen LogP contribution in [0, 0.1) is 0 Å². The first-order valence-corrected chi connectivity index (χ1v) is 7.08. The van der Waals surface area contributed by atoms with Gasteiger partial charge in [-0.2, -0.15) is 0 Å². The average Bonchev–Trinajstić information content (AvgIpc) is 2.95. The van der Waals surface area contributed by atoms with Crippen molar-refractivity contribution in [1.82, 2.24) is 10.2 Å². The molecule has 1 atom stereocenters. The van der Waals surface area contributed by atoms with E-state index in [9.17, 15) is 0 Å². The molecule has 0 unspecified atom stereocenters. The van der Waals surface area contributed by atoms with Crippen LogP contribution >= 0.6 is 12.2 Å². The molecule has 0 bridgehead atoms. The Balaban J connectivity index is 1.87. The van der Waals surface area contributed by atoms with E-state index < -0.39 is 0 Å². The zero-order valence-corrected chi connectivity index (χ0v) is 11.8. The number of fused-ring (bicyclic) bond motifs is 1. The van der Waals surface area contributed by atoms with E-state index in [-0.39, 0.29) is 0 Å². The molecule has 0 spiro atoms. The highest BCUT2D eigenvalue weighted by Crippen LogP contribution is 2.37. The summed E-state index contributed by atoms with van der Waals surface area (Å²) in [6.07, 6.45) is 2.29. The van der Waals surface area contributed by atoms with Crippen LogP contribution < -0.4 is 14.8 Å². The van der Waals surface area contributed by atoms with Gasteiger partial charge in [-0.15, -0.1) is 0 Å². The normalized spacial score (nSPS) is 21.3. The van der Waals surface area contributed by atoms with Crippen LogP contribution in [0.25, 0.3) is 0 Å². The molecule has 4 nitrogen and oxygen atoms in total. The monoisotopic (exact) mass is 278 g/mol. The number of likely N-dealkylation sites (tertiary alicyclic amines) is 1. The Kier molecular flexibility index (Phi) is 3.46. The molecule has 19 heavy (non-hydrogen) atoms. The summed E-state index contributed by atoms with van der Waals surface area (Å²) in [6, 6.07) is 6.56. The Labute approximate surface area is 118 Å². The SMILES string of the molecule is CNC(=S)N1CCC[C@@H]1c1ccc2c(c1)OCCO2. The maximum absolute atomic E-state index is 5.65. The average molecular weight is 278 g/mol. The minimum absolute atomic E-state index is 0.343. The van der Waals surface area contributed by atoms with E-state index in [0.717, 1.165) is 29.6 Å². The van der Waals surface area contributed by atoms with Crippen molar-refractivity contribution in [3.05, 3.63) is 23.8 Å². The van der Waals surface area contributed by atoms with Crippen LogP contribution in [0.15, 0.2) is 18.2 Å². The Morgan fingerprint density at radius 3 is 2.89 bits per heavy atom. The number of ether oxygens (including phenoxy) is 2. The predicted molar refractivity (Wildman–Crippen MR) is 77.8 cm³/mol. The van der Waals surface area contributed by atoms with Crippen molar-refractivity contribution in [2.24, 2.45) is 0 Å². The lowest BCUT2D eigenvalue weighted by Gasteiger charge is -2.28. The second kappa shape index (κ2) is 5.25. The quantitative estimate of drug-likeness (QED) is 0.796.